The quantitative estimate of drug-likeness (QED) is 0.402. The van der Waals surface area contributed by atoms with Crippen LogP contribution in [0.3, 0.4) is 0 Å². The monoisotopic (exact) mass is 422 g/mol. The molecule has 2 aromatic carbocycles. The Balaban J connectivity index is 1.37. The third-order valence-corrected chi connectivity index (χ3v) is 6.28. The number of amides is 1. The molecule has 0 saturated carbocycles. The highest BCUT2D eigenvalue weighted by Crippen LogP contribution is 2.37. The predicted octanol–water partition coefficient (Wildman–Crippen LogP) is 4.31. The van der Waals surface area contributed by atoms with Gasteiger partial charge in [-0.1, -0.05) is 12.1 Å². The number of hydrogen-bond acceptors (Lipinski definition) is 4. The summed E-state index contributed by atoms with van der Waals surface area (Å²) in [5.41, 5.74) is 7.45. The van der Waals surface area contributed by atoms with Crippen molar-refractivity contribution >= 4 is 27.7 Å². The molecule has 5 aromatic rings. The highest BCUT2D eigenvalue weighted by atomic mass is 16.1. The zero-order valence-electron chi connectivity index (χ0n) is 17.5. The summed E-state index contributed by atoms with van der Waals surface area (Å²) in [6, 6.07) is 11.9. The number of rotatable bonds is 4. The first kappa shape index (κ1) is 18.7. The lowest BCUT2D eigenvalue weighted by Crippen LogP contribution is -2.23. The topological polar surface area (TPSA) is 99.4 Å². The molecular weight excluding hydrogens is 400 g/mol. The van der Waals surface area contributed by atoms with E-state index in [-0.39, 0.29) is 5.91 Å². The number of aryl methyl sites for hydroxylation is 1. The number of H-pyrrole nitrogens is 2. The molecule has 32 heavy (non-hydrogen) atoms. The molecular formula is C25H22N6O. The number of carbonyl (C=O) groups excluding carboxylic acids is 1. The summed E-state index contributed by atoms with van der Waals surface area (Å²) >= 11 is 0. The average Bonchev–Trinajstić information content (AvgIpc) is 3.54. The third-order valence-electron chi connectivity index (χ3n) is 6.28. The van der Waals surface area contributed by atoms with Crippen LogP contribution in [0.5, 0.6) is 0 Å². The van der Waals surface area contributed by atoms with Crippen LogP contribution in [0, 0.1) is 0 Å². The van der Waals surface area contributed by atoms with Gasteiger partial charge in [0, 0.05) is 34.3 Å². The Kier molecular flexibility index (Phi) is 4.45. The molecule has 7 nitrogen and oxygen atoms in total. The van der Waals surface area contributed by atoms with Crippen molar-refractivity contribution in [2.75, 3.05) is 0 Å². The van der Waals surface area contributed by atoms with Crippen molar-refractivity contribution in [3.63, 3.8) is 0 Å². The number of fused-ring (bicyclic) bond motifs is 5. The summed E-state index contributed by atoms with van der Waals surface area (Å²) in [4.78, 5) is 24.7. The summed E-state index contributed by atoms with van der Waals surface area (Å²) in [5.74, 6) is 0.609. The van der Waals surface area contributed by atoms with Crippen molar-refractivity contribution < 1.29 is 4.79 Å². The fraction of sp³-hybridized carbons (Fsp3) is 0.200. The van der Waals surface area contributed by atoms with Crippen LogP contribution in [0.15, 0.2) is 55.0 Å². The Bertz CT molecular complexity index is 1430. The second-order valence-electron chi connectivity index (χ2n) is 8.21. The van der Waals surface area contributed by atoms with Gasteiger partial charge in [-0.25, -0.2) is 9.97 Å². The van der Waals surface area contributed by atoms with Crippen molar-refractivity contribution in [2.24, 2.45) is 0 Å². The third kappa shape index (κ3) is 3.13. The van der Waals surface area contributed by atoms with Gasteiger partial charge in [-0.05, 0) is 61.1 Å². The Morgan fingerprint density at radius 3 is 2.69 bits per heavy atom. The van der Waals surface area contributed by atoms with Crippen LogP contribution in [-0.4, -0.2) is 31.1 Å². The zero-order valence-corrected chi connectivity index (χ0v) is 17.5. The van der Waals surface area contributed by atoms with E-state index >= 15 is 0 Å². The van der Waals surface area contributed by atoms with Crippen molar-refractivity contribution in [3.05, 3.63) is 77.5 Å². The number of hydrogen-bond donors (Lipinski definition) is 3. The molecule has 1 amide bonds. The van der Waals surface area contributed by atoms with Crippen LogP contribution in [0.4, 0.5) is 0 Å². The van der Waals surface area contributed by atoms with Crippen LogP contribution in [-0.2, 0) is 19.4 Å². The first-order valence-corrected chi connectivity index (χ1v) is 10.9. The number of imidazole rings is 1. The number of nitrogens with zero attached hydrogens (tertiary/aromatic N) is 3. The first-order chi connectivity index (χ1) is 15.8. The summed E-state index contributed by atoms with van der Waals surface area (Å²) in [5, 5.41) is 12.6. The molecule has 1 aliphatic carbocycles. The molecule has 3 aromatic heterocycles. The van der Waals surface area contributed by atoms with Crippen molar-refractivity contribution in [3.8, 4) is 11.3 Å². The molecule has 0 saturated heterocycles. The Labute approximate surface area is 184 Å². The van der Waals surface area contributed by atoms with Gasteiger partial charge in [0.1, 0.15) is 5.82 Å². The van der Waals surface area contributed by atoms with E-state index in [0.717, 1.165) is 46.3 Å². The maximum Gasteiger partial charge on any atom is 0.251 e. The Morgan fingerprint density at radius 2 is 1.88 bits per heavy atom. The molecule has 3 N–H and O–H groups in total. The highest BCUT2D eigenvalue weighted by Gasteiger charge is 2.21. The standard InChI is InChI=1S/C25H22N6O/c32-25(28-14-22-26-11-12-27-22)16-7-5-15(6-8-16)24-18-4-2-1-3-17(18)23-19-13-29-31-20(19)9-10-21(23)30-24/h5-13H,1-4,14H2,(H,26,27)(H,28,32)(H,29,31). The normalized spacial score (nSPS) is 13.4. The molecule has 0 radical (unpaired) electrons. The van der Waals surface area contributed by atoms with E-state index in [1.807, 2.05) is 36.5 Å². The molecule has 0 unspecified atom stereocenters. The molecule has 6 rings (SSSR count). The number of pyridine rings is 1. The number of aromatic nitrogens is 5. The molecule has 3 heterocycles. The predicted molar refractivity (Wildman–Crippen MR) is 123 cm³/mol. The van der Waals surface area contributed by atoms with E-state index in [1.54, 1.807) is 12.4 Å². The second kappa shape index (κ2) is 7.60. The molecule has 158 valence electrons. The van der Waals surface area contributed by atoms with Crippen molar-refractivity contribution in [1.82, 2.24) is 30.5 Å². The zero-order chi connectivity index (χ0) is 21.5. The first-order valence-electron chi connectivity index (χ1n) is 10.9. The fourth-order valence-electron chi connectivity index (χ4n) is 4.73. The SMILES string of the molecule is O=C(NCc1ncc[nH]1)c1ccc(-c2nc3ccc4[nH]ncc4c3c3c2CCCC3)cc1. The van der Waals surface area contributed by atoms with Crippen LogP contribution in [0.25, 0.3) is 33.1 Å². The number of carbonyl (C=O) groups is 1. The van der Waals surface area contributed by atoms with Crippen molar-refractivity contribution in [2.45, 2.75) is 32.2 Å². The lowest BCUT2D eigenvalue weighted by atomic mass is 9.85. The number of benzene rings is 2. The highest BCUT2D eigenvalue weighted by molar-refractivity contribution is 6.07. The minimum Gasteiger partial charge on any atom is -0.347 e. The van der Waals surface area contributed by atoms with Gasteiger partial charge in [0.2, 0.25) is 0 Å². The van der Waals surface area contributed by atoms with Gasteiger partial charge in [-0.15, -0.1) is 0 Å². The van der Waals surface area contributed by atoms with Crippen LogP contribution in [0.1, 0.15) is 40.2 Å². The minimum absolute atomic E-state index is 0.121. The Hall–Kier alpha value is -4.00. The minimum atomic E-state index is -0.121. The van der Waals surface area contributed by atoms with E-state index in [9.17, 15) is 4.79 Å². The maximum atomic E-state index is 12.5. The maximum absolute atomic E-state index is 12.5. The van der Waals surface area contributed by atoms with Crippen molar-refractivity contribution in [1.29, 1.82) is 0 Å². The summed E-state index contributed by atoms with van der Waals surface area (Å²) in [6.07, 6.45) is 9.75. The van der Waals surface area contributed by atoms with E-state index in [4.69, 9.17) is 4.98 Å². The van der Waals surface area contributed by atoms with Gasteiger partial charge in [0.05, 0.1) is 29.5 Å². The van der Waals surface area contributed by atoms with Crippen LogP contribution >= 0.6 is 0 Å². The van der Waals surface area contributed by atoms with E-state index in [2.05, 4.69) is 31.5 Å². The largest absolute Gasteiger partial charge is 0.347 e. The van der Waals surface area contributed by atoms with Gasteiger partial charge < -0.3 is 10.3 Å². The Morgan fingerprint density at radius 1 is 1.03 bits per heavy atom. The van der Waals surface area contributed by atoms with Gasteiger partial charge in [-0.3, -0.25) is 9.89 Å². The number of aromatic amines is 2. The molecule has 0 spiro atoms. The lowest BCUT2D eigenvalue weighted by molar-refractivity contribution is 0.0950. The number of nitrogens with one attached hydrogen (secondary N) is 3. The van der Waals surface area contributed by atoms with Gasteiger partial charge in [0.25, 0.3) is 5.91 Å². The smallest absolute Gasteiger partial charge is 0.251 e. The molecule has 7 heteroatoms. The molecule has 0 atom stereocenters. The van der Waals surface area contributed by atoms with Crippen LogP contribution < -0.4 is 5.32 Å². The summed E-state index contributed by atoms with van der Waals surface area (Å²) in [7, 11) is 0. The van der Waals surface area contributed by atoms with E-state index in [1.165, 1.54) is 29.4 Å². The van der Waals surface area contributed by atoms with Gasteiger partial charge >= 0.3 is 0 Å². The van der Waals surface area contributed by atoms with Gasteiger partial charge in [0.15, 0.2) is 0 Å². The van der Waals surface area contributed by atoms with E-state index < -0.39 is 0 Å². The van der Waals surface area contributed by atoms with E-state index in [0.29, 0.717) is 12.1 Å². The van der Waals surface area contributed by atoms with Crippen LogP contribution in [0.2, 0.25) is 0 Å². The summed E-state index contributed by atoms with van der Waals surface area (Å²) in [6.45, 7) is 0.371. The summed E-state index contributed by atoms with van der Waals surface area (Å²) < 4.78 is 0. The average molecular weight is 422 g/mol. The molecule has 1 aliphatic rings. The molecule has 0 aliphatic heterocycles. The lowest BCUT2D eigenvalue weighted by Gasteiger charge is -2.22. The molecule has 0 bridgehead atoms. The fourth-order valence-corrected chi connectivity index (χ4v) is 4.73. The second-order valence-corrected chi connectivity index (χ2v) is 8.21. The van der Waals surface area contributed by atoms with Gasteiger partial charge in [-0.2, -0.15) is 5.10 Å². The molecule has 0 fully saturated rings.